The third-order valence-electron chi connectivity index (χ3n) is 1.54. The fourth-order valence-corrected chi connectivity index (χ4v) is 4.94. The van der Waals surface area contributed by atoms with Crippen molar-refractivity contribution >= 4 is 45.3 Å². The van der Waals surface area contributed by atoms with Gasteiger partial charge in [0.2, 0.25) is 0 Å². The van der Waals surface area contributed by atoms with Gasteiger partial charge in [-0.3, -0.25) is 0 Å². The zero-order valence-electron chi connectivity index (χ0n) is 6.58. The van der Waals surface area contributed by atoms with E-state index in [-0.39, 0.29) is 0 Å². The second-order valence-electron chi connectivity index (χ2n) is 2.57. The Bertz CT molecular complexity index is 281. The molecule has 0 radical (unpaired) electrons. The zero-order valence-corrected chi connectivity index (χ0v) is 11.7. The van der Waals surface area contributed by atoms with Crippen molar-refractivity contribution in [2.24, 2.45) is 0 Å². The van der Waals surface area contributed by atoms with Crippen molar-refractivity contribution in [2.75, 3.05) is 0 Å². The maximum absolute atomic E-state index is 12.1. The standard InChI is InChI=1S/C7H4F3.3ClH.Sn/c8-7(9,10)6-4-2-1-3-5-6;;;;/h2-5H;3*1H;/q;;;;+3/p-3. The average Bonchev–Trinajstić information content (AvgIpc) is 2.01. The predicted molar refractivity (Wildman–Crippen MR) is 54.4 cm³/mol. The van der Waals surface area contributed by atoms with Gasteiger partial charge in [-0.1, -0.05) is 0 Å². The van der Waals surface area contributed by atoms with E-state index in [0.717, 1.165) is 12.1 Å². The summed E-state index contributed by atoms with van der Waals surface area (Å²) in [5.74, 6) is 0. The zero-order chi connectivity index (χ0) is 11.0. The molecule has 1 rings (SSSR count). The van der Waals surface area contributed by atoms with Gasteiger partial charge in [0.15, 0.2) is 0 Å². The van der Waals surface area contributed by atoms with Crippen LogP contribution in [0.4, 0.5) is 13.2 Å². The van der Waals surface area contributed by atoms with Gasteiger partial charge in [0, 0.05) is 0 Å². The van der Waals surface area contributed by atoms with Crippen LogP contribution in [0.2, 0.25) is 0 Å². The molecule has 78 valence electrons. The molecule has 0 fully saturated rings. The van der Waals surface area contributed by atoms with Crippen LogP contribution in [0.15, 0.2) is 24.3 Å². The van der Waals surface area contributed by atoms with Crippen molar-refractivity contribution in [3.63, 3.8) is 0 Å². The summed E-state index contributed by atoms with van der Waals surface area (Å²) < 4.78 is 36.8. The average molecular weight is 370 g/mol. The Morgan fingerprint density at radius 1 is 0.929 bits per heavy atom. The third kappa shape index (κ3) is 3.36. The Morgan fingerprint density at radius 3 is 1.64 bits per heavy atom. The van der Waals surface area contributed by atoms with Crippen molar-refractivity contribution in [3.05, 3.63) is 29.8 Å². The number of alkyl halides is 3. The van der Waals surface area contributed by atoms with Crippen LogP contribution in [0, 0.1) is 0 Å². The van der Waals surface area contributed by atoms with E-state index < -0.39 is 26.7 Å². The molecular formula is C7H4Cl3F3Sn. The molecule has 1 aromatic rings. The quantitative estimate of drug-likeness (QED) is 0.664. The first-order valence-electron chi connectivity index (χ1n) is 3.46. The molecule has 0 aliphatic heterocycles. The van der Waals surface area contributed by atoms with Gasteiger partial charge >= 0.3 is 94.5 Å². The van der Waals surface area contributed by atoms with Gasteiger partial charge in [-0.2, -0.15) is 0 Å². The molecule has 0 unspecified atom stereocenters. The number of rotatable bonds is 1. The molecule has 1 aromatic carbocycles. The van der Waals surface area contributed by atoms with Gasteiger partial charge < -0.3 is 0 Å². The van der Waals surface area contributed by atoms with Crippen LogP contribution in [0.25, 0.3) is 0 Å². The Hall–Kier alpha value is 0.679. The Labute approximate surface area is 94.0 Å². The first-order valence-corrected chi connectivity index (χ1v) is 15.7. The van der Waals surface area contributed by atoms with Gasteiger partial charge in [0.25, 0.3) is 0 Å². The Balaban J connectivity index is 3.02. The van der Waals surface area contributed by atoms with Gasteiger partial charge in [0.05, 0.1) is 0 Å². The van der Waals surface area contributed by atoms with Crippen LogP contribution >= 0.6 is 26.8 Å². The minimum absolute atomic E-state index is 0.414. The van der Waals surface area contributed by atoms with E-state index in [1.165, 1.54) is 12.1 Å². The molecular weight excluding hydrogens is 366 g/mol. The van der Waals surface area contributed by atoms with E-state index in [2.05, 4.69) is 0 Å². The summed E-state index contributed by atoms with van der Waals surface area (Å²) in [6.07, 6.45) is -4.35. The third-order valence-corrected chi connectivity index (χ3v) is 8.75. The van der Waals surface area contributed by atoms with Crippen LogP contribution in [0.1, 0.15) is 5.56 Å². The summed E-state index contributed by atoms with van der Waals surface area (Å²) in [6, 6.07) is 4.31. The SMILES string of the molecule is FC(F)(F)c1cc[c]([Sn]([Cl])([Cl])[Cl])cc1. The van der Waals surface area contributed by atoms with Crippen LogP contribution in [0.3, 0.4) is 0 Å². The van der Waals surface area contributed by atoms with E-state index >= 15 is 0 Å². The molecule has 7 heteroatoms. The molecule has 0 saturated carbocycles. The molecule has 0 aromatic heterocycles. The first-order chi connectivity index (χ1) is 6.21. The molecule has 0 nitrogen and oxygen atoms in total. The fraction of sp³-hybridized carbons (Fsp3) is 0.143. The normalized spacial score (nSPS) is 13.0. The molecule has 0 atom stereocenters. The van der Waals surface area contributed by atoms with Gasteiger partial charge in [0.1, 0.15) is 0 Å². The van der Waals surface area contributed by atoms with Crippen LogP contribution in [-0.2, 0) is 6.18 Å². The summed E-state index contributed by atoms with van der Waals surface area (Å²) >= 11 is -3.77. The van der Waals surface area contributed by atoms with E-state index in [4.69, 9.17) is 26.8 Å². The summed E-state index contributed by atoms with van der Waals surface area (Å²) in [5.41, 5.74) is -0.734. The van der Waals surface area contributed by atoms with Crippen molar-refractivity contribution < 1.29 is 13.2 Å². The van der Waals surface area contributed by atoms with Crippen molar-refractivity contribution in [2.45, 2.75) is 6.18 Å². The number of hydrogen-bond donors (Lipinski definition) is 0. The molecule has 14 heavy (non-hydrogen) atoms. The van der Waals surface area contributed by atoms with Crippen LogP contribution < -0.4 is 3.58 Å². The molecule has 0 aliphatic carbocycles. The van der Waals surface area contributed by atoms with Crippen LogP contribution in [-0.4, -0.2) is 15.0 Å². The maximum atomic E-state index is 12.1. The molecule has 0 saturated heterocycles. The predicted octanol–water partition coefficient (Wildman–Crippen LogP) is 3.57. The topological polar surface area (TPSA) is 0 Å². The molecule has 0 bridgehead atoms. The van der Waals surface area contributed by atoms with Crippen molar-refractivity contribution in [1.82, 2.24) is 0 Å². The molecule has 0 aliphatic rings. The molecule has 0 amide bonds. The second-order valence-corrected chi connectivity index (χ2v) is 22.4. The minimum atomic E-state index is -4.35. The van der Waals surface area contributed by atoms with E-state index in [9.17, 15) is 13.2 Å². The summed E-state index contributed by atoms with van der Waals surface area (Å²) in [7, 11) is 17.1. The summed E-state index contributed by atoms with van der Waals surface area (Å²) in [4.78, 5) is 0. The monoisotopic (exact) mass is 370 g/mol. The number of benzene rings is 1. The Kier molecular flexibility index (Phi) is 3.89. The second kappa shape index (κ2) is 4.28. The van der Waals surface area contributed by atoms with Crippen molar-refractivity contribution in [1.29, 1.82) is 0 Å². The van der Waals surface area contributed by atoms with Crippen molar-refractivity contribution in [3.8, 4) is 0 Å². The first kappa shape index (κ1) is 12.7. The van der Waals surface area contributed by atoms with Gasteiger partial charge in [-0.15, -0.1) is 0 Å². The molecule has 0 N–H and O–H groups in total. The summed E-state index contributed by atoms with van der Waals surface area (Å²) in [5, 5.41) is 0. The van der Waals surface area contributed by atoms with Gasteiger partial charge in [-0.05, 0) is 0 Å². The van der Waals surface area contributed by atoms with E-state index in [0.29, 0.717) is 3.58 Å². The summed E-state index contributed by atoms with van der Waals surface area (Å²) in [6.45, 7) is 0. The fourth-order valence-electron chi connectivity index (χ4n) is 0.848. The van der Waals surface area contributed by atoms with Gasteiger partial charge in [-0.25, -0.2) is 0 Å². The van der Waals surface area contributed by atoms with E-state index in [1.807, 2.05) is 0 Å². The number of halogens is 6. The number of hydrogen-bond acceptors (Lipinski definition) is 0. The Morgan fingerprint density at radius 2 is 1.36 bits per heavy atom. The molecule has 0 heterocycles. The van der Waals surface area contributed by atoms with Crippen LogP contribution in [0.5, 0.6) is 0 Å². The molecule has 0 spiro atoms. The van der Waals surface area contributed by atoms with E-state index in [1.54, 1.807) is 0 Å².